The third kappa shape index (κ3) is 7.14. The van der Waals surface area contributed by atoms with Crippen molar-refractivity contribution in [2.75, 3.05) is 6.61 Å². The highest BCUT2D eigenvalue weighted by atomic mass is 16.6. The van der Waals surface area contributed by atoms with Crippen LogP contribution in [0, 0.1) is 0 Å². The summed E-state index contributed by atoms with van der Waals surface area (Å²) < 4.78 is 10.4. The van der Waals surface area contributed by atoms with Gasteiger partial charge in [-0.25, -0.2) is 9.59 Å². The van der Waals surface area contributed by atoms with Crippen LogP contribution in [-0.4, -0.2) is 75.9 Å². The highest BCUT2D eigenvalue weighted by Crippen LogP contribution is 2.23. The number of hydrogen-bond acceptors (Lipinski definition) is 7. The Morgan fingerprint density at radius 2 is 1.77 bits per heavy atom. The molecule has 1 fully saturated rings. The summed E-state index contributed by atoms with van der Waals surface area (Å²) in [6, 6.07) is -1.75. The Morgan fingerprint density at radius 3 is 2.31 bits per heavy atom. The molecule has 10 heteroatoms. The van der Waals surface area contributed by atoms with E-state index in [1.807, 2.05) is 5.32 Å². The number of hydrogen-bond donors (Lipinski definition) is 5. The minimum absolute atomic E-state index is 0.294. The van der Waals surface area contributed by atoms with Crippen molar-refractivity contribution in [3.05, 3.63) is 0 Å². The van der Waals surface area contributed by atoms with Gasteiger partial charge in [0.2, 0.25) is 5.91 Å². The maximum atomic E-state index is 11.9. The molecule has 0 aliphatic heterocycles. The van der Waals surface area contributed by atoms with Gasteiger partial charge in [-0.1, -0.05) is 0 Å². The molecule has 4 unspecified atom stereocenters. The Labute approximate surface area is 151 Å². The second-order valence-electron chi connectivity index (χ2n) is 7.28. The van der Waals surface area contributed by atoms with E-state index in [1.54, 1.807) is 20.8 Å². The summed E-state index contributed by atoms with van der Waals surface area (Å²) in [7, 11) is 0. The van der Waals surface area contributed by atoms with Crippen molar-refractivity contribution in [2.24, 2.45) is 0 Å². The first-order valence-corrected chi connectivity index (χ1v) is 8.40. The largest absolute Gasteiger partial charge is 0.465 e. The SMILES string of the molecule is C[C@H](NC(=O)O)C(=O)NC1CCC(OCC(=O)OC(C)(C)C)C(O)C1O. The predicted molar refractivity (Wildman–Crippen MR) is 89.4 cm³/mol. The molecule has 1 rings (SSSR count). The molecule has 2 amide bonds. The van der Waals surface area contributed by atoms with E-state index in [0.29, 0.717) is 12.8 Å². The van der Waals surface area contributed by atoms with Crippen molar-refractivity contribution in [2.45, 2.75) is 76.5 Å². The number of aliphatic hydroxyl groups is 2. The van der Waals surface area contributed by atoms with Gasteiger partial charge < -0.3 is 35.4 Å². The van der Waals surface area contributed by atoms with Gasteiger partial charge in [0.05, 0.1) is 12.1 Å². The van der Waals surface area contributed by atoms with Crippen LogP contribution < -0.4 is 10.6 Å². The van der Waals surface area contributed by atoms with Crippen LogP contribution in [0.2, 0.25) is 0 Å². The van der Waals surface area contributed by atoms with Gasteiger partial charge in [-0.15, -0.1) is 0 Å². The van der Waals surface area contributed by atoms with Gasteiger partial charge in [0.15, 0.2) is 0 Å². The first-order valence-electron chi connectivity index (χ1n) is 8.40. The molecule has 0 radical (unpaired) electrons. The van der Waals surface area contributed by atoms with Gasteiger partial charge >= 0.3 is 12.1 Å². The molecular formula is C16H28N2O8. The lowest BCUT2D eigenvalue weighted by Crippen LogP contribution is -2.58. The van der Waals surface area contributed by atoms with Crippen LogP contribution in [0.5, 0.6) is 0 Å². The molecule has 1 aliphatic carbocycles. The van der Waals surface area contributed by atoms with Crippen LogP contribution in [0.25, 0.3) is 0 Å². The van der Waals surface area contributed by atoms with Crippen LogP contribution in [0.3, 0.4) is 0 Å². The monoisotopic (exact) mass is 376 g/mol. The summed E-state index contributed by atoms with van der Waals surface area (Å²) >= 11 is 0. The summed E-state index contributed by atoms with van der Waals surface area (Å²) in [5, 5.41) is 33.4. The Balaban J connectivity index is 2.50. The maximum absolute atomic E-state index is 11.9. The van der Waals surface area contributed by atoms with Crippen molar-refractivity contribution in [1.29, 1.82) is 0 Å². The number of amides is 2. The van der Waals surface area contributed by atoms with Gasteiger partial charge in [-0.3, -0.25) is 4.79 Å². The fourth-order valence-corrected chi connectivity index (χ4v) is 2.59. The molecule has 0 aromatic heterocycles. The topological polar surface area (TPSA) is 154 Å². The summed E-state index contributed by atoms with van der Waals surface area (Å²) in [6.45, 7) is 6.16. The van der Waals surface area contributed by atoms with Crippen molar-refractivity contribution in [1.82, 2.24) is 10.6 Å². The molecule has 150 valence electrons. The van der Waals surface area contributed by atoms with Crippen LogP contribution in [0.4, 0.5) is 4.79 Å². The van der Waals surface area contributed by atoms with E-state index in [0.717, 1.165) is 0 Å². The van der Waals surface area contributed by atoms with Gasteiger partial charge in [-0.05, 0) is 40.5 Å². The highest BCUT2D eigenvalue weighted by Gasteiger charge is 2.39. The van der Waals surface area contributed by atoms with Crippen LogP contribution in [0.15, 0.2) is 0 Å². The first-order chi connectivity index (χ1) is 11.9. The van der Waals surface area contributed by atoms with E-state index >= 15 is 0 Å². The molecule has 0 aromatic rings. The molecule has 5 atom stereocenters. The summed E-state index contributed by atoms with van der Waals surface area (Å²) in [5.41, 5.74) is -0.652. The Morgan fingerprint density at radius 1 is 1.15 bits per heavy atom. The van der Waals surface area contributed by atoms with E-state index < -0.39 is 54.0 Å². The van der Waals surface area contributed by atoms with E-state index in [1.165, 1.54) is 6.92 Å². The second kappa shape index (κ2) is 9.15. The number of carbonyl (C=O) groups excluding carboxylic acids is 2. The fraction of sp³-hybridized carbons (Fsp3) is 0.812. The number of rotatable bonds is 6. The van der Waals surface area contributed by atoms with Gasteiger partial charge in [0, 0.05) is 0 Å². The normalized spacial score (nSPS) is 27.3. The Hall–Kier alpha value is -1.91. The average Bonchev–Trinajstić information content (AvgIpc) is 2.48. The van der Waals surface area contributed by atoms with Gasteiger partial charge in [0.25, 0.3) is 0 Å². The molecule has 0 heterocycles. The van der Waals surface area contributed by atoms with Crippen LogP contribution >= 0.6 is 0 Å². The summed E-state index contributed by atoms with van der Waals surface area (Å²) in [4.78, 5) is 34.1. The van der Waals surface area contributed by atoms with Crippen molar-refractivity contribution in [3.63, 3.8) is 0 Å². The quantitative estimate of drug-likeness (QED) is 0.384. The summed E-state index contributed by atoms with van der Waals surface area (Å²) in [5.74, 6) is -1.19. The number of nitrogens with one attached hydrogen (secondary N) is 2. The molecule has 26 heavy (non-hydrogen) atoms. The standard InChI is InChI=1S/C16H28N2O8/c1-8(17-15(23)24)14(22)18-9-5-6-10(13(21)12(9)20)25-7-11(19)26-16(2,3)4/h8-10,12-13,17,20-21H,5-7H2,1-4H3,(H,18,22)(H,23,24)/t8-,9?,10?,12?,13?/m0/s1. The van der Waals surface area contributed by atoms with E-state index in [2.05, 4.69) is 5.32 Å². The summed E-state index contributed by atoms with van der Waals surface area (Å²) in [6.07, 6.45) is -4.14. The molecule has 0 aromatic carbocycles. The molecular weight excluding hydrogens is 348 g/mol. The smallest absolute Gasteiger partial charge is 0.405 e. The zero-order valence-electron chi connectivity index (χ0n) is 15.4. The van der Waals surface area contributed by atoms with Gasteiger partial charge in [-0.2, -0.15) is 0 Å². The molecule has 1 aliphatic rings. The number of ether oxygens (including phenoxy) is 2. The number of aliphatic hydroxyl groups excluding tert-OH is 2. The molecule has 5 N–H and O–H groups in total. The lowest BCUT2D eigenvalue weighted by molar-refractivity contribution is -0.171. The third-order valence-electron chi connectivity index (χ3n) is 3.80. The van der Waals surface area contributed by atoms with E-state index in [9.17, 15) is 24.6 Å². The van der Waals surface area contributed by atoms with Crippen molar-refractivity contribution < 1.29 is 39.2 Å². The maximum Gasteiger partial charge on any atom is 0.405 e. The van der Waals surface area contributed by atoms with Crippen LogP contribution in [-0.2, 0) is 19.1 Å². The lowest BCUT2D eigenvalue weighted by Gasteiger charge is -2.38. The molecule has 0 spiro atoms. The molecule has 0 saturated heterocycles. The first kappa shape index (κ1) is 22.1. The average molecular weight is 376 g/mol. The third-order valence-corrected chi connectivity index (χ3v) is 3.80. The number of carboxylic acid groups (broad SMARTS) is 1. The second-order valence-corrected chi connectivity index (χ2v) is 7.28. The zero-order valence-corrected chi connectivity index (χ0v) is 15.4. The highest BCUT2D eigenvalue weighted by molar-refractivity contribution is 5.85. The van der Waals surface area contributed by atoms with E-state index in [-0.39, 0.29) is 6.61 Å². The minimum atomic E-state index is -1.34. The molecule has 10 nitrogen and oxygen atoms in total. The number of esters is 1. The Kier molecular flexibility index (Phi) is 7.79. The van der Waals surface area contributed by atoms with Crippen molar-refractivity contribution >= 4 is 18.0 Å². The number of carbonyl (C=O) groups is 3. The molecule has 0 bridgehead atoms. The fourth-order valence-electron chi connectivity index (χ4n) is 2.59. The molecule has 1 saturated carbocycles. The lowest BCUT2D eigenvalue weighted by atomic mass is 9.87. The zero-order chi connectivity index (χ0) is 20.1. The minimum Gasteiger partial charge on any atom is -0.465 e. The Bertz CT molecular complexity index is 519. The van der Waals surface area contributed by atoms with Crippen molar-refractivity contribution in [3.8, 4) is 0 Å². The van der Waals surface area contributed by atoms with Crippen LogP contribution in [0.1, 0.15) is 40.5 Å². The predicted octanol–water partition coefficient (Wildman–Crippen LogP) is -0.630. The van der Waals surface area contributed by atoms with Gasteiger partial charge in [0.1, 0.15) is 30.5 Å². The van der Waals surface area contributed by atoms with E-state index in [4.69, 9.17) is 14.6 Å².